The van der Waals surface area contributed by atoms with Crippen molar-refractivity contribution < 1.29 is 0 Å². The van der Waals surface area contributed by atoms with Crippen LogP contribution in [0.3, 0.4) is 0 Å². The van der Waals surface area contributed by atoms with Crippen molar-refractivity contribution in [3.63, 3.8) is 0 Å². The minimum atomic E-state index is 0. The quantitative estimate of drug-likeness (QED) is 0.286. The lowest BCUT2D eigenvalue weighted by Crippen LogP contribution is -2.38. The van der Waals surface area contributed by atoms with Gasteiger partial charge in [0.1, 0.15) is 5.82 Å². The van der Waals surface area contributed by atoms with Gasteiger partial charge in [0.25, 0.3) is 0 Å². The van der Waals surface area contributed by atoms with Crippen molar-refractivity contribution in [3.8, 4) is 0 Å². The van der Waals surface area contributed by atoms with E-state index in [2.05, 4.69) is 49.4 Å². The molecule has 28 heavy (non-hydrogen) atoms. The molecule has 1 aromatic heterocycles. The molecule has 0 aliphatic heterocycles. The van der Waals surface area contributed by atoms with E-state index in [0.29, 0.717) is 6.54 Å². The first-order chi connectivity index (χ1) is 13.3. The summed E-state index contributed by atoms with van der Waals surface area (Å²) >= 11 is 6.20. The largest absolute Gasteiger partial charge is 0.356 e. The average Bonchev–Trinajstić information content (AvgIpc) is 3.13. The van der Waals surface area contributed by atoms with E-state index in [1.165, 1.54) is 5.56 Å². The Morgan fingerprint density at radius 2 is 1.82 bits per heavy atom. The Kier molecular flexibility index (Phi) is 9.30. The standard InChI is InChI=1S/C21H24ClN5.HI/c1-23-21(25-12-11-18-9-5-6-10-19(18)22)26-15-20-24-13-14-27(20)16-17-7-3-2-4-8-17;/h2-10,13-14H,11-12,15-16H2,1H3,(H2,23,25,26);1H. The van der Waals surface area contributed by atoms with E-state index in [1.807, 2.05) is 42.7 Å². The van der Waals surface area contributed by atoms with Crippen LogP contribution in [0.15, 0.2) is 72.0 Å². The molecule has 2 N–H and O–H groups in total. The zero-order chi connectivity index (χ0) is 18.9. The minimum Gasteiger partial charge on any atom is -0.356 e. The van der Waals surface area contributed by atoms with Crippen molar-refractivity contribution in [3.05, 3.63) is 89.0 Å². The summed E-state index contributed by atoms with van der Waals surface area (Å²) in [4.78, 5) is 8.74. The van der Waals surface area contributed by atoms with Crippen LogP contribution in [0, 0.1) is 0 Å². The summed E-state index contributed by atoms with van der Waals surface area (Å²) in [5.74, 6) is 1.71. The molecule has 0 atom stereocenters. The summed E-state index contributed by atoms with van der Waals surface area (Å²) in [7, 11) is 1.77. The van der Waals surface area contributed by atoms with E-state index in [-0.39, 0.29) is 24.0 Å². The van der Waals surface area contributed by atoms with Crippen LogP contribution in [0.2, 0.25) is 5.02 Å². The molecule has 1 heterocycles. The van der Waals surface area contributed by atoms with E-state index >= 15 is 0 Å². The van der Waals surface area contributed by atoms with Crippen LogP contribution < -0.4 is 10.6 Å². The maximum atomic E-state index is 6.20. The first-order valence-corrected chi connectivity index (χ1v) is 9.36. The average molecular weight is 510 g/mol. The highest BCUT2D eigenvalue weighted by atomic mass is 127. The molecule has 0 radical (unpaired) electrons. The number of benzene rings is 2. The lowest BCUT2D eigenvalue weighted by molar-refractivity contribution is 0.687. The summed E-state index contributed by atoms with van der Waals surface area (Å²) < 4.78 is 2.14. The molecule has 5 nitrogen and oxygen atoms in total. The van der Waals surface area contributed by atoms with E-state index in [4.69, 9.17) is 11.6 Å². The highest BCUT2D eigenvalue weighted by molar-refractivity contribution is 14.0. The predicted molar refractivity (Wildman–Crippen MR) is 127 cm³/mol. The van der Waals surface area contributed by atoms with Gasteiger partial charge in [-0.05, 0) is 23.6 Å². The number of hydrogen-bond acceptors (Lipinski definition) is 2. The minimum absolute atomic E-state index is 0. The van der Waals surface area contributed by atoms with Crippen LogP contribution in [0.4, 0.5) is 0 Å². The molecule has 2 aromatic carbocycles. The second-order valence-electron chi connectivity index (χ2n) is 6.15. The molecule has 0 unspecified atom stereocenters. The molecule has 0 spiro atoms. The number of aromatic nitrogens is 2. The highest BCUT2D eigenvalue weighted by Crippen LogP contribution is 2.14. The number of hydrogen-bond donors (Lipinski definition) is 2. The van der Waals surface area contributed by atoms with Gasteiger partial charge in [-0.1, -0.05) is 60.1 Å². The second-order valence-corrected chi connectivity index (χ2v) is 6.56. The van der Waals surface area contributed by atoms with Gasteiger partial charge in [0.05, 0.1) is 6.54 Å². The Balaban J connectivity index is 0.00000280. The first kappa shape index (κ1) is 22.2. The van der Waals surface area contributed by atoms with Gasteiger partial charge >= 0.3 is 0 Å². The fourth-order valence-corrected chi connectivity index (χ4v) is 3.06. The number of rotatable bonds is 7. The van der Waals surface area contributed by atoms with Crippen LogP contribution in [-0.4, -0.2) is 29.1 Å². The highest BCUT2D eigenvalue weighted by Gasteiger charge is 2.06. The first-order valence-electron chi connectivity index (χ1n) is 8.98. The normalized spacial score (nSPS) is 11.0. The Morgan fingerprint density at radius 1 is 1.07 bits per heavy atom. The van der Waals surface area contributed by atoms with Crippen molar-refractivity contribution >= 4 is 41.5 Å². The van der Waals surface area contributed by atoms with Crippen molar-refractivity contribution in [2.75, 3.05) is 13.6 Å². The van der Waals surface area contributed by atoms with Gasteiger partial charge in [-0.2, -0.15) is 0 Å². The zero-order valence-corrected chi connectivity index (χ0v) is 18.9. The molecule has 0 amide bonds. The van der Waals surface area contributed by atoms with Crippen LogP contribution >= 0.6 is 35.6 Å². The van der Waals surface area contributed by atoms with Crippen molar-refractivity contribution in [2.45, 2.75) is 19.5 Å². The van der Waals surface area contributed by atoms with Gasteiger partial charge in [-0.25, -0.2) is 4.98 Å². The smallest absolute Gasteiger partial charge is 0.191 e. The lowest BCUT2D eigenvalue weighted by Gasteiger charge is -2.13. The molecule has 0 saturated heterocycles. The Labute approximate surface area is 188 Å². The third kappa shape index (κ3) is 6.53. The molecule has 0 aliphatic carbocycles. The van der Waals surface area contributed by atoms with Gasteiger partial charge in [-0.3, -0.25) is 4.99 Å². The van der Waals surface area contributed by atoms with Gasteiger partial charge in [0.15, 0.2) is 5.96 Å². The van der Waals surface area contributed by atoms with Gasteiger partial charge in [-0.15, -0.1) is 24.0 Å². The summed E-state index contributed by atoms with van der Waals surface area (Å²) in [5.41, 5.74) is 2.37. The van der Waals surface area contributed by atoms with Gasteiger partial charge in [0.2, 0.25) is 0 Å². The molecular weight excluding hydrogens is 485 g/mol. The molecular formula is C21H25ClIN5. The number of nitrogens with zero attached hydrogens (tertiary/aromatic N) is 3. The third-order valence-corrected chi connectivity index (χ3v) is 4.65. The Bertz CT molecular complexity index is 879. The molecule has 148 valence electrons. The maximum absolute atomic E-state index is 6.20. The van der Waals surface area contributed by atoms with Crippen molar-refractivity contribution in [1.82, 2.24) is 20.2 Å². The molecule has 7 heteroatoms. The lowest BCUT2D eigenvalue weighted by atomic mass is 10.1. The number of guanidine groups is 1. The zero-order valence-electron chi connectivity index (χ0n) is 15.8. The van der Waals surface area contributed by atoms with E-state index in [1.54, 1.807) is 7.05 Å². The maximum Gasteiger partial charge on any atom is 0.191 e. The number of halogens is 2. The van der Waals surface area contributed by atoms with Crippen LogP contribution in [0.1, 0.15) is 17.0 Å². The SMILES string of the molecule is CN=C(NCCc1ccccc1Cl)NCc1nccn1Cc1ccccc1.I. The number of nitrogens with one attached hydrogen (secondary N) is 2. The van der Waals surface area contributed by atoms with E-state index in [9.17, 15) is 0 Å². The molecule has 0 bridgehead atoms. The van der Waals surface area contributed by atoms with Crippen LogP contribution in [0.25, 0.3) is 0 Å². The third-order valence-electron chi connectivity index (χ3n) is 4.28. The van der Waals surface area contributed by atoms with E-state index < -0.39 is 0 Å². The van der Waals surface area contributed by atoms with E-state index in [0.717, 1.165) is 41.9 Å². The number of aliphatic imine (C=N–C) groups is 1. The van der Waals surface area contributed by atoms with Crippen LogP contribution in [0.5, 0.6) is 0 Å². The van der Waals surface area contributed by atoms with Crippen LogP contribution in [-0.2, 0) is 19.5 Å². The Hall–Kier alpha value is -2.06. The monoisotopic (exact) mass is 509 g/mol. The molecule has 0 fully saturated rings. The summed E-state index contributed by atoms with van der Waals surface area (Å²) in [6.07, 6.45) is 4.66. The van der Waals surface area contributed by atoms with Crippen molar-refractivity contribution in [2.24, 2.45) is 4.99 Å². The molecule has 0 saturated carbocycles. The summed E-state index contributed by atoms with van der Waals surface area (Å²) in [6.45, 7) is 2.16. The summed E-state index contributed by atoms with van der Waals surface area (Å²) in [5, 5.41) is 7.44. The topological polar surface area (TPSA) is 54.2 Å². The predicted octanol–water partition coefficient (Wildman–Crippen LogP) is 4.11. The molecule has 3 aromatic rings. The summed E-state index contributed by atoms with van der Waals surface area (Å²) in [6, 6.07) is 18.3. The second kappa shape index (κ2) is 11.7. The fourth-order valence-electron chi connectivity index (χ4n) is 2.83. The Morgan fingerprint density at radius 3 is 2.57 bits per heavy atom. The van der Waals surface area contributed by atoms with Gasteiger partial charge in [0, 0.05) is 37.6 Å². The molecule has 3 rings (SSSR count). The van der Waals surface area contributed by atoms with Crippen molar-refractivity contribution in [1.29, 1.82) is 0 Å². The molecule has 0 aliphatic rings. The fraction of sp³-hybridized carbons (Fsp3) is 0.238. The number of imidazole rings is 1. The van der Waals surface area contributed by atoms with Gasteiger partial charge < -0.3 is 15.2 Å².